The highest BCUT2D eigenvalue weighted by molar-refractivity contribution is 8.07. The van der Waals surface area contributed by atoms with Crippen LogP contribution >= 0.6 is 23.4 Å². The van der Waals surface area contributed by atoms with Crippen LogP contribution in [0.5, 0.6) is 0 Å². The molecule has 0 amide bonds. The lowest BCUT2D eigenvalue weighted by Crippen LogP contribution is -2.30. The van der Waals surface area contributed by atoms with Crippen LogP contribution in [0.3, 0.4) is 0 Å². The summed E-state index contributed by atoms with van der Waals surface area (Å²) in [6.07, 6.45) is 11.1. The maximum atomic E-state index is 8.53. The van der Waals surface area contributed by atoms with E-state index in [0.29, 0.717) is 0 Å². The second-order valence-corrected chi connectivity index (χ2v) is 5.88. The van der Waals surface area contributed by atoms with Crippen LogP contribution in [0.25, 0.3) is 0 Å². The second-order valence-electron chi connectivity index (χ2n) is 4.33. The van der Waals surface area contributed by atoms with Crippen molar-refractivity contribution in [2.45, 2.75) is 18.5 Å². The third-order valence-corrected chi connectivity index (χ3v) is 4.52. The SMILES string of the molecule is N#C/C=N/C=C1/SC2=C(C=CCC2)C2=C1C=NC(Cl)N2. The van der Waals surface area contributed by atoms with Gasteiger partial charge in [0.25, 0.3) is 0 Å². The van der Waals surface area contributed by atoms with Gasteiger partial charge in [0.05, 0.1) is 5.70 Å². The number of hydrogen-bond donors (Lipinski definition) is 1. The van der Waals surface area contributed by atoms with Crippen LogP contribution in [0.15, 0.2) is 55.0 Å². The molecule has 0 fully saturated rings. The fraction of sp³-hybridized carbons (Fsp3) is 0.214. The van der Waals surface area contributed by atoms with Crippen molar-refractivity contribution in [2.24, 2.45) is 9.98 Å². The van der Waals surface area contributed by atoms with Crippen molar-refractivity contribution >= 4 is 35.8 Å². The van der Waals surface area contributed by atoms with Gasteiger partial charge < -0.3 is 5.32 Å². The minimum Gasteiger partial charge on any atom is -0.350 e. The third-order valence-electron chi connectivity index (χ3n) is 3.08. The number of thioether (sulfide) groups is 1. The van der Waals surface area contributed by atoms with Crippen molar-refractivity contribution in [2.75, 3.05) is 0 Å². The summed E-state index contributed by atoms with van der Waals surface area (Å²) in [6, 6.07) is 1.89. The van der Waals surface area contributed by atoms with E-state index in [-0.39, 0.29) is 0 Å². The topological polar surface area (TPSA) is 60.5 Å². The van der Waals surface area contributed by atoms with Gasteiger partial charge in [0.1, 0.15) is 12.3 Å². The predicted molar refractivity (Wildman–Crippen MR) is 83.5 cm³/mol. The van der Waals surface area contributed by atoms with Crippen molar-refractivity contribution in [1.29, 1.82) is 5.26 Å². The first-order chi connectivity index (χ1) is 9.79. The molecule has 0 aromatic carbocycles. The van der Waals surface area contributed by atoms with Crippen molar-refractivity contribution in [3.8, 4) is 6.07 Å². The van der Waals surface area contributed by atoms with Gasteiger partial charge in [0.15, 0.2) is 5.62 Å². The molecule has 3 rings (SSSR count). The van der Waals surface area contributed by atoms with Gasteiger partial charge in [-0.25, -0.2) is 0 Å². The molecule has 20 heavy (non-hydrogen) atoms. The standard InChI is InChI=1S/C14H11ClN4S/c15-14-18-7-10-12(8-17-6-5-16)20-11-4-2-1-3-9(11)13(10)19-14/h1,3,6-8,14,19H,2,4H2/b12-8+,17-6+. The molecule has 0 bridgehead atoms. The Balaban J connectivity index is 2.06. The molecular formula is C14H11ClN4S. The van der Waals surface area contributed by atoms with Crippen LogP contribution in [0.2, 0.25) is 0 Å². The van der Waals surface area contributed by atoms with Crippen molar-refractivity contribution in [1.82, 2.24) is 5.32 Å². The van der Waals surface area contributed by atoms with Gasteiger partial charge in [0.2, 0.25) is 0 Å². The van der Waals surface area contributed by atoms with Crippen molar-refractivity contribution < 1.29 is 0 Å². The highest BCUT2D eigenvalue weighted by Gasteiger charge is 2.28. The predicted octanol–water partition coefficient (Wildman–Crippen LogP) is 3.22. The number of alkyl halides is 1. The molecule has 1 unspecified atom stereocenters. The Bertz CT molecular complexity index is 661. The van der Waals surface area contributed by atoms with Crippen LogP contribution in [0, 0.1) is 11.3 Å². The number of nitriles is 1. The van der Waals surface area contributed by atoms with E-state index < -0.39 is 5.62 Å². The zero-order valence-corrected chi connectivity index (χ0v) is 12.1. The minimum atomic E-state index is -0.440. The van der Waals surface area contributed by atoms with Crippen LogP contribution in [0.4, 0.5) is 0 Å². The van der Waals surface area contributed by atoms with E-state index in [2.05, 4.69) is 27.5 Å². The summed E-state index contributed by atoms with van der Waals surface area (Å²) in [5, 5.41) is 11.7. The van der Waals surface area contributed by atoms with E-state index in [1.54, 1.807) is 24.2 Å². The number of fused-ring (bicyclic) bond motifs is 1. The van der Waals surface area contributed by atoms with Gasteiger partial charge in [-0.1, -0.05) is 35.5 Å². The largest absolute Gasteiger partial charge is 0.350 e. The molecule has 0 aromatic heterocycles. The third kappa shape index (κ3) is 2.45. The van der Waals surface area contributed by atoms with Gasteiger partial charge in [-0.3, -0.25) is 9.98 Å². The normalized spacial score (nSPS) is 26.6. The summed E-state index contributed by atoms with van der Waals surface area (Å²) in [4.78, 5) is 10.5. The summed E-state index contributed by atoms with van der Waals surface area (Å²) < 4.78 is 0. The van der Waals surface area contributed by atoms with E-state index >= 15 is 0 Å². The highest BCUT2D eigenvalue weighted by atomic mass is 35.5. The smallest absolute Gasteiger partial charge is 0.195 e. The molecule has 0 spiro atoms. The number of halogens is 1. The monoisotopic (exact) mass is 302 g/mol. The van der Waals surface area contributed by atoms with Crippen LogP contribution < -0.4 is 5.32 Å². The number of rotatable bonds is 1. The Kier molecular flexibility index (Phi) is 3.77. The van der Waals surface area contributed by atoms with Gasteiger partial charge in [-0.05, 0) is 17.7 Å². The lowest BCUT2D eigenvalue weighted by Gasteiger charge is -2.30. The molecule has 6 heteroatoms. The highest BCUT2D eigenvalue weighted by Crippen LogP contribution is 2.45. The second kappa shape index (κ2) is 5.70. The molecule has 3 aliphatic rings. The van der Waals surface area contributed by atoms with Crippen LogP contribution in [0.1, 0.15) is 12.8 Å². The van der Waals surface area contributed by atoms with Crippen LogP contribution in [-0.2, 0) is 0 Å². The number of nitrogens with one attached hydrogen (secondary N) is 1. The van der Waals surface area contributed by atoms with E-state index in [9.17, 15) is 0 Å². The van der Waals surface area contributed by atoms with E-state index in [1.165, 1.54) is 16.7 Å². The molecule has 1 aliphatic carbocycles. The number of aliphatic imine (C=N–C) groups is 2. The number of hydrogen-bond acceptors (Lipinski definition) is 5. The first-order valence-corrected chi connectivity index (χ1v) is 7.42. The molecule has 4 nitrogen and oxygen atoms in total. The van der Waals surface area contributed by atoms with Gasteiger partial charge >= 0.3 is 0 Å². The van der Waals surface area contributed by atoms with Gasteiger partial charge in [-0.2, -0.15) is 5.26 Å². The average Bonchev–Trinajstić information content (AvgIpc) is 2.47. The fourth-order valence-corrected chi connectivity index (χ4v) is 3.55. The van der Waals surface area contributed by atoms with Gasteiger partial charge in [0, 0.05) is 28.5 Å². The number of nitrogens with zero attached hydrogens (tertiary/aromatic N) is 3. The lowest BCUT2D eigenvalue weighted by molar-refractivity contribution is 0.757. The molecule has 2 aliphatic heterocycles. The molecule has 0 aromatic rings. The van der Waals surface area contributed by atoms with Crippen LogP contribution in [-0.4, -0.2) is 18.1 Å². The lowest BCUT2D eigenvalue weighted by atomic mass is 9.99. The molecule has 2 heterocycles. The van der Waals surface area contributed by atoms with E-state index in [1.807, 2.05) is 6.07 Å². The summed E-state index contributed by atoms with van der Waals surface area (Å²) in [6.45, 7) is 0. The average molecular weight is 303 g/mol. The maximum absolute atomic E-state index is 8.53. The summed E-state index contributed by atoms with van der Waals surface area (Å²) in [5.74, 6) is 0. The summed E-state index contributed by atoms with van der Waals surface area (Å²) in [5.41, 5.74) is 2.73. The minimum absolute atomic E-state index is 0.440. The quantitative estimate of drug-likeness (QED) is 0.459. The molecule has 0 saturated heterocycles. The molecule has 1 N–H and O–H groups in total. The first kappa shape index (κ1) is 13.2. The number of allylic oxidation sites excluding steroid dienone is 4. The zero-order valence-electron chi connectivity index (χ0n) is 10.5. The summed E-state index contributed by atoms with van der Waals surface area (Å²) in [7, 11) is 0. The Labute approximate surface area is 126 Å². The Morgan fingerprint density at radius 3 is 3.30 bits per heavy atom. The Morgan fingerprint density at radius 2 is 2.45 bits per heavy atom. The molecule has 0 radical (unpaired) electrons. The first-order valence-electron chi connectivity index (χ1n) is 6.17. The zero-order chi connectivity index (χ0) is 13.9. The van der Waals surface area contributed by atoms with E-state index in [0.717, 1.165) is 29.0 Å². The van der Waals surface area contributed by atoms with Crippen molar-refractivity contribution in [3.63, 3.8) is 0 Å². The fourth-order valence-electron chi connectivity index (χ4n) is 2.24. The summed E-state index contributed by atoms with van der Waals surface area (Å²) >= 11 is 7.74. The van der Waals surface area contributed by atoms with E-state index in [4.69, 9.17) is 16.9 Å². The molecule has 100 valence electrons. The van der Waals surface area contributed by atoms with Gasteiger partial charge in [-0.15, -0.1) is 0 Å². The Hall–Kier alpha value is -1.77. The Morgan fingerprint density at radius 1 is 1.55 bits per heavy atom. The van der Waals surface area contributed by atoms with Crippen molar-refractivity contribution in [3.05, 3.63) is 45.0 Å². The molecule has 0 saturated carbocycles. The molecule has 1 atom stereocenters. The maximum Gasteiger partial charge on any atom is 0.195 e. The molecular weight excluding hydrogens is 292 g/mol.